The van der Waals surface area contributed by atoms with Crippen LogP contribution in [0.1, 0.15) is 67.2 Å². The SMILES string of the molecule is CC1NC(=O)C(N(C)C(=O)C(CCN)NC(=O)c2ccn(-c3ccc(C(C)(C)C)cc3)c(=O)c2)c2ccc(OCCN)c(c2)-c2cc(ccc2OCCN)CC(C(=O)NCC#N)NC1=O. The second-order valence-electron chi connectivity index (χ2n) is 16.6. The van der Waals surface area contributed by atoms with E-state index >= 15 is 0 Å². The summed E-state index contributed by atoms with van der Waals surface area (Å²) in [6.07, 6.45) is 1.43. The van der Waals surface area contributed by atoms with E-state index in [0.717, 1.165) is 10.5 Å². The molecule has 10 N–H and O–H groups in total. The van der Waals surface area contributed by atoms with E-state index in [9.17, 15) is 28.8 Å². The molecule has 2 heterocycles. The van der Waals surface area contributed by atoms with Gasteiger partial charge in [0.1, 0.15) is 55.4 Å². The molecule has 0 aliphatic carbocycles. The summed E-state index contributed by atoms with van der Waals surface area (Å²) in [4.78, 5) is 84.3. The molecule has 5 amide bonds. The molecule has 0 fully saturated rings. The molecule has 4 bridgehead atoms. The number of aromatic nitrogens is 1. The number of nitrogens with one attached hydrogen (secondary N) is 4. The molecule has 0 saturated carbocycles. The fourth-order valence-electron chi connectivity index (χ4n) is 7.33. The molecule has 4 atom stereocenters. The summed E-state index contributed by atoms with van der Waals surface area (Å²) in [5.74, 6) is -2.82. The quantitative estimate of drug-likeness (QED) is 0.0833. The van der Waals surface area contributed by atoms with Crippen molar-refractivity contribution in [3.63, 3.8) is 0 Å². The van der Waals surface area contributed by atoms with Gasteiger partial charge in [0.05, 0.1) is 6.07 Å². The molecule has 18 nitrogen and oxygen atoms in total. The van der Waals surface area contributed by atoms with E-state index < -0.39 is 59.3 Å². The lowest BCUT2D eigenvalue weighted by Gasteiger charge is -2.32. The van der Waals surface area contributed by atoms with Crippen molar-refractivity contribution in [2.24, 2.45) is 17.2 Å². The van der Waals surface area contributed by atoms with E-state index in [1.54, 1.807) is 36.4 Å². The minimum Gasteiger partial charge on any atom is -0.492 e. The van der Waals surface area contributed by atoms with Gasteiger partial charge in [0.15, 0.2) is 0 Å². The third-order valence-corrected chi connectivity index (χ3v) is 10.8. The second kappa shape index (κ2) is 22.0. The fourth-order valence-corrected chi connectivity index (χ4v) is 7.33. The number of benzene rings is 3. The molecule has 18 heteroatoms. The maximum atomic E-state index is 14.6. The Hall–Kier alpha value is -7.07. The standard InChI is InChI=1S/C47H58N10O8/c1-28-42(59)55-37(44(61)52-20-17-49)25-29-6-12-38(64-22-18-50)34(24-29)35-26-30(7-13-39(35)65-23-19-51)41(45(62)53-28)56(5)46(63)36(14-16-48)54-43(60)31-15-21-57(40(58)27-31)33-10-8-32(9-11-33)47(2,3)4/h6-13,15,21,24,26-28,36-37,41H,14,16,18-20,22-23,25,48,50-51H2,1-5H3,(H,52,61)(H,53,62)(H,54,60)(H,55,59). The molecule has 4 unspecified atom stereocenters. The lowest BCUT2D eigenvalue weighted by molar-refractivity contribution is -0.141. The van der Waals surface area contributed by atoms with Gasteiger partial charge in [-0.15, -0.1) is 0 Å². The van der Waals surface area contributed by atoms with Crippen molar-refractivity contribution >= 4 is 29.5 Å². The monoisotopic (exact) mass is 890 g/mol. The Morgan fingerprint density at radius 3 is 2.12 bits per heavy atom. The Morgan fingerprint density at radius 1 is 0.877 bits per heavy atom. The molecule has 65 heavy (non-hydrogen) atoms. The number of amides is 5. The molecular formula is C47H58N10O8. The number of hydrogen-bond donors (Lipinski definition) is 7. The number of ether oxygens (including phenoxy) is 2. The number of pyridine rings is 1. The first-order valence-electron chi connectivity index (χ1n) is 21.3. The number of carbonyl (C=O) groups is 5. The Bertz CT molecular complexity index is 2480. The lowest BCUT2D eigenvalue weighted by atomic mass is 9.87. The van der Waals surface area contributed by atoms with Crippen molar-refractivity contribution in [3.8, 4) is 34.4 Å². The fraction of sp³-hybridized carbons (Fsp3) is 0.383. The van der Waals surface area contributed by atoms with Crippen LogP contribution in [-0.4, -0.2) is 104 Å². The molecule has 0 saturated heterocycles. The number of rotatable bonds is 15. The van der Waals surface area contributed by atoms with Crippen molar-refractivity contribution < 1.29 is 33.4 Å². The first-order chi connectivity index (χ1) is 31.0. The molecule has 1 aliphatic heterocycles. The first-order valence-corrected chi connectivity index (χ1v) is 21.3. The van der Waals surface area contributed by atoms with Gasteiger partial charge in [-0.1, -0.05) is 45.0 Å². The van der Waals surface area contributed by atoms with Crippen LogP contribution >= 0.6 is 0 Å². The third-order valence-electron chi connectivity index (χ3n) is 10.8. The lowest BCUT2D eigenvalue weighted by Crippen LogP contribution is -2.56. The highest BCUT2D eigenvalue weighted by molar-refractivity contribution is 5.99. The predicted molar refractivity (Wildman–Crippen MR) is 244 cm³/mol. The maximum Gasteiger partial charge on any atom is 0.255 e. The summed E-state index contributed by atoms with van der Waals surface area (Å²) < 4.78 is 13.6. The van der Waals surface area contributed by atoms with Gasteiger partial charge in [0.25, 0.3) is 11.5 Å². The highest BCUT2D eigenvalue weighted by Gasteiger charge is 2.36. The van der Waals surface area contributed by atoms with Gasteiger partial charge in [-0.25, -0.2) is 0 Å². The summed E-state index contributed by atoms with van der Waals surface area (Å²) >= 11 is 0. The Labute approximate surface area is 377 Å². The zero-order chi connectivity index (χ0) is 47.4. The van der Waals surface area contributed by atoms with E-state index in [2.05, 4.69) is 42.0 Å². The van der Waals surface area contributed by atoms with Crippen molar-refractivity contribution in [3.05, 3.63) is 112 Å². The average molecular weight is 891 g/mol. The number of nitriles is 1. The van der Waals surface area contributed by atoms with Crippen molar-refractivity contribution in [2.75, 3.05) is 46.4 Å². The molecular weight excluding hydrogens is 833 g/mol. The minimum atomic E-state index is -1.43. The summed E-state index contributed by atoms with van der Waals surface area (Å²) in [5.41, 5.74) is 20.5. The number of fused-ring (bicyclic) bond motifs is 5. The maximum absolute atomic E-state index is 14.6. The molecule has 4 aromatic rings. The average Bonchev–Trinajstić information content (AvgIpc) is 3.28. The van der Waals surface area contributed by atoms with Crippen molar-refractivity contribution in [2.45, 2.75) is 70.1 Å². The number of nitrogens with two attached hydrogens (primary N) is 3. The van der Waals surface area contributed by atoms with Gasteiger partial charge in [-0.3, -0.25) is 33.3 Å². The Morgan fingerprint density at radius 2 is 1.52 bits per heavy atom. The zero-order valence-corrected chi connectivity index (χ0v) is 37.3. The number of hydrogen-bond acceptors (Lipinski definition) is 12. The Kier molecular flexibility index (Phi) is 16.6. The summed E-state index contributed by atoms with van der Waals surface area (Å²) in [6, 6.07) is 17.0. The van der Waals surface area contributed by atoms with Crippen molar-refractivity contribution in [1.29, 1.82) is 5.26 Å². The topological polar surface area (TPSA) is 279 Å². The van der Waals surface area contributed by atoms with Crippen LogP contribution in [0.4, 0.5) is 0 Å². The number of nitrogens with zero attached hydrogens (tertiary/aromatic N) is 3. The molecule has 0 spiro atoms. The summed E-state index contributed by atoms with van der Waals surface area (Å²) in [6.45, 7) is 7.96. The minimum absolute atomic E-state index is 0.00202. The molecule has 344 valence electrons. The third kappa shape index (κ3) is 12.1. The molecule has 5 rings (SSSR count). The predicted octanol–water partition coefficient (Wildman–Crippen LogP) is 1.31. The van der Waals surface area contributed by atoms with Gasteiger partial charge in [0.2, 0.25) is 23.6 Å². The summed E-state index contributed by atoms with van der Waals surface area (Å²) in [7, 11) is 1.38. The van der Waals surface area contributed by atoms with Crippen LogP contribution in [0.3, 0.4) is 0 Å². The largest absolute Gasteiger partial charge is 0.492 e. The zero-order valence-electron chi connectivity index (χ0n) is 37.3. The van der Waals surface area contributed by atoms with E-state index in [1.165, 1.54) is 36.9 Å². The molecule has 1 aromatic heterocycles. The summed E-state index contributed by atoms with van der Waals surface area (Å²) in [5, 5.41) is 19.7. The van der Waals surface area contributed by atoms with Gasteiger partial charge < -0.3 is 52.8 Å². The van der Waals surface area contributed by atoms with Gasteiger partial charge in [-0.05, 0) is 84.5 Å². The molecule has 1 aliphatic rings. The van der Waals surface area contributed by atoms with Crippen LogP contribution in [0.15, 0.2) is 83.8 Å². The second-order valence-corrected chi connectivity index (χ2v) is 16.6. The normalized spacial score (nSPS) is 16.7. The van der Waals surface area contributed by atoms with Gasteiger partial charge in [-0.2, -0.15) is 5.26 Å². The molecule has 0 radical (unpaired) electrons. The highest BCUT2D eigenvalue weighted by Crippen LogP contribution is 2.40. The van der Waals surface area contributed by atoms with Crippen LogP contribution in [0.2, 0.25) is 0 Å². The van der Waals surface area contributed by atoms with Gasteiger partial charge >= 0.3 is 0 Å². The van der Waals surface area contributed by atoms with Crippen molar-refractivity contribution in [1.82, 2.24) is 30.7 Å². The van der Waals surface area contributed by atoms with Crippen LogP contribution in [0.25, 0.3) is 16.8 Å². The molecule has 3 aromatic carbocycles. The Balaban J connectivity index is 1.55. The first kappa shape index (κ1) is 49.0. The van der Waals surface area contributed by atoms with E-state index in [-0.39, 0.29) is 63.2 Å². The number of carbonyl (C=O) groups excluding carboxylic acids is 5. The van der Waals surface area contributed by atoms with Crippen LogP contribution in [0.5, 0.6) is 11.5 Å². The van der Waals surface area contributed by atoms with Crippen LogP contribution < -0.4 is 53.5 Å². The van der Waals surface area contributed by atoms with E-state index in [4.69, 9.17) is 31.9 Å². The number of likely N-dealkylation sites (N-methyl/N-ethyl adjacent to an activating group) is 1. The van der Waals surface area contributed by atoms with Gasteiger partial charge in [0, 0.05) is 61.2 Å². The van der Waals surface area contributed by atoms with E-state index in [0.29, 0.717) is 39.4 Å². The van der Waals surface area contributed by atoms with Crippen LogP contribution in [-0.2, 0) is 31.0 Å². The van der Waals surface area contributed by atoms with Crippen LogP contribution in [0, 0.1) is 11.3 Å². The highest BCUT2D eigenvalue weighted by atomic mass is 16.5. The van der Waals surface area contributed by atoms with E-state index in [1.807, 2.05) is 30.3 Å². The smallest absolute Gasteiger partial charge is 0.255 e.